The maximum Gasteiger partial charge on any atom is 0.241 e. The number of piperidine rings is 1. The summed E-state index contributed by atoms with van der Waals surface area (Å²) in [5, 5.41) is 0. The van der Waals surface area contributed by atoms with Crippen molar-refractivity contribution in [1.29, 1.82) is 0 Å². The molecule has 7 heteroatoms. The molecule has 1 saturated heterocycles. The summed E-state index contributed by atoms with van der Waals surface area (Å²) < 4.78 is 32.0. The Kier molecular flexibility index (Phi) is 5.73. The van der Waals surface area contributed by atoms with E-state index < -0.39 is 10.0 Å². The van der Waals surface area contributed by atoms with Gasteiger partial charge in [0.1, 0.15) is 10.7 Å². The summed E-state index contributed by atoms with van der Waals surface area (Å²) in [5.74, 6) is 0.834. The third kappa shape index (κ3) is 4.26. The predicted octanol–water partition coefficient (Wildman–Crippen LogP) is 2.31. The first-order chi connectivity index (χ1) is 11.6. The lowest BCUT2D eigenvalue weighted by molar-refractivity contribution is -0.0395. The van der Waals surface area contributed by atoms with Crippen LogP contribution in [0.4, 0.5) is 5.82 Å². The van der Waals surface area contributed by atoms with Crippen LogP contribution in [0.25, 0.3) is 0 Å². The molecule has 1 aliphatic carbocycles. The van der Waals surface area contributed by atoms with E-state index in [2.05, 4.69) is 14.6 Å². The molecular weight excluding hydrogens is 326 g/mol. The Morgan fingerprint density at radius 2 is 1.75 bits per heavy atom. The second-order valence-electron chi connectivity index (χ2n) is 6.64. The first-order valence-electron chi connectivity index (χ1n) is 8.88. The van der Waals surface area contributed by atoms with E-state index in [0.29, 0.717) is 12.2 Å². The summed E-state index contributed by atoms with van der Waals surface area (Å²) in [5.41, 5.74) is 0. The molecule has 0 bridgehead atoms. The molecule has 24 heavy (non-hydrogen) atoms. The minimum Gasteiger partial charge on any atom is -0.375 e. The van der Waals surface area contributed by atoms with Crippen molar-refractivity contribution < 1.29 is 13.2 Å². The molecule has 2 aliphatic rings. The molecule has 1 aromatic heterocycles. The SMILES string of the molecule is CNS(=O)(=O)c1ccc(N2CCC(OC3CCCCC3)CC2)nc1. The summed E-state index contributed by atoms with van der Waals surface area (Å²) in [6, 6.07) is 3.39. The molecule has 1 aliphatic heterocycles. The summed E-state index contributed by atoms with van der Waals surface area (Å²) in [6.07, 6.45) is 10.6. The average Bonchev–Trinajstić information content (AvgIpc) is 2.63. The monoisotopic (exact) mass is 353 g/mol. The minimum absolute atomic E-state index is 0.198. The summed E-state index contributed by atoms with van der Waals surface area (Å²) in [7, 11) is -2.02. The highest BCUT2D eigenvalue weighted by atomic mass is 32.2. The lowest BCUT2D eigenvalue weighted by atomic mass is 9.97. The van der Waals surface area contributed by atoms with Crippen molar-refractivity contribution >= 4 is 15.8 Å². The smallest absolute Gasteiger partial charge is 0.241 e. The quantitative estimate of drug-likeness (QED) is 0.879. The largest absolute Gasteiger partial charge is 0.375 e. The number of anilines is 1. The van der Waals surface area contributed by atoms with E-state index in [1.807, 2.05) is 0 Å². The normalized spacial score (nSPS) is 21.1. The minimum atomic E-state index is -3.42. The highest BCUT2D eigenvalue weighted by Crippen LogP contribution is 2.26. The van der Waals surface area contributed by atoms with E-state index in [1.165, 1.54) is 45.3 Å². The molecule has 1 saturated carbocycles. The molecule has 0 amide bonds. The van der Waals surface area contributed by atoms with Gasteiger partial charge in [0.25, 0.3) is 0 Å². The number of ether oxygens (including phenoxy) is 1. The predicted molar refractivity (Wildman–Crippen MR) is 93.7 cm³/mol. The summed E-state index contributed by atoms with van der Waals surface area (Å²) >= 11 is 0. The van der Waals surface area contributed by atoms with Gasteiger partial charge in [-0.25, -0.2) is 18.1 Å². The number of pyridine rings is 1. The van der Waals surface area contributed by atoms with Crippen LogP contribution in [0.2, 0.25) is 0 Å². The molecule has 134 valence electrons. The van der Waals surface area contributed by atoms with E-state index in [1.54, 1.807) is 12.1 Å². The van der Waals surface area contributed by atoms with Crippen LogP contribution in [0.1, 0.15) is 44.9 Å². The second kappa shape index (κ2) is 7.80. The number of rotatable bonds is 5. The Hall–Kier alpha value is -1.18. The lowest BCUT2D eigenvalue weighted by Gasteiger charge is -2.35. The Morgan fingerprint density at radius 1 is 1.08 bits per heavy atom. The highest BCUT2D eigenvalue weighted by molar-refractivity contribution is 7.89. The Bertz CT molecular complexity index is 619. The zero-order valence-electron chi connectivity index (χ0n) is 14.3. The number of aromatic nitrogens is 1. The second-order valence-corrected chi connectivity index (χ2v) is 8.53. The molecule has 0 spiro atoms. The Balaban J connectivity index is 1.52. The van der Waals surface area contributed by atoms with Crippen molar-refractivity contribution in [3.05, 3.63) is 18.3 Å². The molecule has 0 aromatic carbocycles. The molecule has 0 atom stereocenters. The molecule has 6 nitrogen and oxygen atoms in total. The van der Waals surface area contributed by atoms with Crippen molar-refractivity contribution in [1.82, 2.24) is 9.71 Å². The first-order valence-corrected chi connectivity index (χ1v) is 10.4. The van der Waals surface area contributed by atoms with Crippen molar-refractivity contribution in [2.75, 3.05) is 25.0 Å². The van der Waals surface area contributed by atoms with Crippen LogP contribution in [-0.4, -0.2) is 45.7 Å². The fourth-order valence-corrected chi connectivity index (χ4v) is 4.21. The topological polar surface area (TPSA) is 71.5 Å². The molecule has 1 N–H and O–H groups in total. The van der Waals surface area contributed by atoms with Gasteiger partial charge in [-0.05, 0) is 44.9 Å². The Morgan fingerprint density at radius 3 is 2.33 bits per heavy atom. The summed E-state index contributed by atoms with van der Waals surface area (Å²) in [6.45, 7) is 1.81. The van der Waals surface area contributed by atoms with E-state index >= 15 is 0 Å². The van der Waals surface area contributed by atoms with Crippen LogP contribution in [0, 0.1) is 0 Å². The van der Waals surface area contributed by atoms with Crippen molar-refractivity contribution in [2.45, 2.75) is 62.0 Å². The van der Waals surface area contributed by atoms with E-state index in [9.17, 15) is 8.42 Å². The van der Waals surface area contributed by atoms with Gasteiger partial charge >= 0.3 is 0 Å². The van der Waals surface area contributed by atoms with Gasteiger partial charge in [-0.3, -0.25) is 0 Å². The van der Waals surface area contributed by atoms with Gasteiger partial charge in [0.15, 0.2) is 0 Å². The van der Waals surface area contributed by atoms with Crippen LogP contribution in [0.15, 0.2) is 23.2 Å². The van der Waals surface area contributed by atoms with E-state index in [-0.39, 0.29) is 4.90 Å². The average molecular weight is 353 g/mol. The fraction of sp³-hybridized carbons (Fsp3) is 0.706. The zero-order valence-corrected chi connectivity index (χ0v) is 15.1. The number of sulfonamides is 1. The molecular formula is C17H27N3O3S. The van der Waals surface area contributed by atoms with Gasteiger partial charge < -0.3 is 9.64 Å². The van der Waals surface area contributed by atoms with Crippen LogP contribution in [-0.2, 0) is 14.8 Å². The molecule has 3 rings (SSSR count). The maximum atomic E-state index is 11.7. The third-order valence-electron chi connectivity index (χ3n) is 5.00. The fourth-order valence-electron chi connectivity index (χ4n) is 3.53. The van der Waals surface area contributed by atoms with Gasteiger partial charge in [0.2, 0.25) is 10.0 Å². The van der Waals surface area contributed by atoms with Gasteiger partial charge in [-0.2, -0.15) is 0 Å². The third-order valence-corrected chi connectivity index (χ3v) is 6.40. The van der Waals surface area contributed by atoms with Crippen LogP contribution >= 0.6 is 0 Å². The zero-order chi connectivity index (χ0) is 17.0. The van der Waals surface area contributed by atoms with Gasteiger partial charge in [-0.1, -0.05) is 19.3 Å². The van der Waals surface area contributed by atoms with Crippen LogP contribution < -0.4 is 9.62 Å². The molecule has 1 aromatic rings. The number of nitrogens with zero attached hydrogens (tertiary/aromatic N) is 2. The van der Waals surface area contributed by atoms with E-state index in [0.717, 1.165) is 31.7 Å². The summed E-state index contributed by atoms with van der Waals surface area (Å²) in [4.78, 5) is 6.73. The molecule has 0 radical (unpaired) electrons. The lowest BCUT2D eigenvalue weighted by Crippen LogP contribution is -2.39. The molecule has 2 heterocycles. The van der Waals surface area contributed by atoms with Gasteiger partial charge in [0, 0.05) is 19.3 Å². The van der Waals surface area contributed by atoms with Gasteiger partial charge in [-0.15, -0.1) is 0 Å². The van der Waals surface area contributed by atoms with Crippen LogP contribution in [0.3, 0.4) is 0 Å². The number of hydrogen-bond acceptors (Lipinski definition) is 5. The van der Waals surface area contributed by atoms with Crippen molar-refractivity contribution in [3.8, 4) is 0 Å². The standard InChI is InChI=1S/C17H27N3O3S/c1-18-24(21,22)16-7-8-17(19-13-16)20-11-9-15(10-12-20)23-14-5-3-2-4-6-14/h7-8,13-15,18H,2-6,9-12H2,1H3. The highest BCUT2D eigenvalue weighted by Gasteiger charge is 2.24. The van der Waals surface area contributed by atoms with Crippen molar-refractivity contribution in [2.24, 2.45) is 0 Å². The van der Waals surface area contributed by atoms with E-state index in [4.69, 9.17) is 4.74 Å². The number of hydrogen-bond donors (Lipinski definition) is 1. The van der Waals surface area contributed by atoms with Crippen LogP contribution in [0.5, 0.6) is 0 Å². The maximum absolute atomic E-state index is 11.7. The van der Waals surface area contributed by atoms with Gasteiger partial charge in [0.05, 0.1) is 12.2 Å². The first kappa shape index (κ1) is 17.6. The Labute approximate surface area is 144 Å². The van der Waals surface area contributed by atoms with Crippen molar-refractivity contribution in [3.63, 3.8) is 0 Å². The molecule has 2 fully saturated rings. The molecule has 0 unspecified atom stereocenters. The number of nitrogens with one attached hydrogen (secondary N) is 1.